The lowest BCUT2D eigenvalue weighted by Gasteiger charge is -2.45. The van der Waals surface area contributed by atoms with E-state index in [0.717, 1.165) is 28.6 Å². The third-order valence-corrected chi connectivity index (χ3v) is 15.1. The molecule has 3 fully saturated rings. The van der Waals surface area contributed by atoms with Crippen LogP contribution in [0.1, 0.15) is 104 Å². The lowest BCUT2D eigenvalue weighted by atomic mass is 9.99. The van der Waals surface area contributed by atoms with Crippen LogP contribution in [0.25, 0.3) is 0 Å². The van der Waals surface area contributed by atoms with E-state index in [1.165, 1.54) is 25.2 Å². The van der Waals surface area contributed by atoms with Crippen LogP contribution in [-0.2, 0) is 0 Å². The van der Waals surface area contributed by atoms with Crippen LogP contribution in [-0.4, -0.2) is 35.0 Å². The van der Waals surface area contributed by atoms with Gasteiger partial charge in [-0.05, 0) is 79.4 Å². The zero-order chi connectivity index (χ0) is 17.6. The summed E-state index contributed by atoms with van der Waals surface area (Å²) in [5.41, 5.74) is 4.52. The first kappa shape index (κ1) is 20.6. The van der Waals surface area contributed by atoms with Crippen molar-refractivity contribution in [3.05, 3.63) is 0 Å². The van der Waals surface area contributed by atoms with Gasteiger partial charge in [0.2, 0.25) is 0 Å². The van der Waals surface area contributed by atoms with Crippen LogP contribution >= 0.6 is 15.8 Å². The van der Waals surface area contributed by atoms with Gasteiger partial charge in [0, 0.05) is 0 Å². The highest BCUT2D eigenvalue weighted by atomic mass is 31.1. The third-order valence-electron chi connectivity index (χ3n) is 7.90. The molecule has 25 heavy (non-hydrogen) atoms. The molecule has 0 spiro atoms. The third kappa shape index (κ3) is 5.02. The van der Waals surface area contributed by atoms with Crippen LogP contribution in [0, 0.1) is 5.92 Å². The Bertz CT molecular complexity index is 348. The van der Waals surface area contributed by atoms with Crippen LogP contribution in [0.4, 0.5) is 0 Å². The molecule has 2 heteroatoms. The van der Waals surface area contributed by atoms with E-state index in [0.29, 0.717) is 7.92 Å². The lowest BCUT2D eigenvalue weighted by molar-refractivity contribution is 0.466. The van der Waals surface area contributed by atoms with Crippen LogP contribution in [0.2, 0.25) is 0 Å². The summed E-state index contributed by atoms with van der Waals surface area (Å²) in [6.45, 7) is 7.73. The fraction of sp³-hybridized carbons (Fsp3) is 1.00. The zero-order valence-electron chi connectivity index (χ0n) is 17.4. The molecular weight excluding hydrogens is 338 g/mol. The van der Waals surface area contributed by atoms with Gasteiger partial charge in [-0.2, -0.15) is 0 Å². The fourth-order valence-corrected chi connectivity index (χ4v) is 14.3. The van der Waals surface area contributed by atoms with Gasteiger partial charge in [0.15, 0.2) is 0 Å². The molecule has 3 rings (SSSR count). The second-order valence-electron chi connectivity index (χ2n) is 9.15. The Morgan fingerprint density at radius 1 is 0.680 bits per heavy atom. The van der Waals surface area contributed by atoms with Gasteiger partial charge in [-0.1, -0.05) is 73.6 Å². The average molecular weight is 383 g/mol. The molecule has 0 amide bonds. The SMILES string of the molecule is CCP(CC)C1CCCC1C(C)P(C1CCCCC1)C1CCCCC1. The minimum atomic E-state index is 0.280. The summed E-state index contributed by atoms with van der Waals surface area (Å²) >= 11 is 0. The highest BCUT2D eigenvalue weighted by Gasteiger charge is 2.42. The molecule has 0 aliphatic heterocycles. The average Bonchev–Trinajstić information content (AvgIpc) is 3.14. The van der Waals surface area contributed by atoms with Gasteiger partial charge in [0.1, 0.15) is 0 Å². The largest absolute Gasteiger partial charge is 0.104 e. The molecular formula is C23H44P2. The fourth-order valence-electron chi connectivity index (χ4n) is 6.62. The summed E-state index contributed by atoms with van der Waals surface area (Å²) in [6.07, 6.45) is 23.4. The molecule has 3 aliphatic carbocycles. The molecule has 0 N–H and O–H groups in total. The van der Waals surface area contributed by atoms with Crippen LogP contribution in [0.3, 0.4) is 0 Å². The second-order valence-corrected chi connectivity index (χ2v) is 15.4. The summed E-state index contributed by atoms with van der Waals surface area (Å²) in [7, 11) is 0.601. The summed E-state index contributed by atoms with van der Waals surface area (Å²) in [5, 5.41) is 0. The minimum Gasteiger partial charge on any atom is -0.104 e. The number of rotatable bonds is 7. The first-order valence-electron chi connectivity index (χ1n) is 11.8. The van der Waals surface area contributed by atoms with Crippen molar-refractivity contribution in [3.8, 4) is 0 Å². The Hall–Kier alpha value is 0.860. The smallest absolute Gasteiger partial charge is 0.0175 e. The van der Waals surface area contributed by atoms with Crippen molar-refractivity contribution in [3.63, 3.8) is 0 Å². The zero-order valence-corrected chi connectivity index (χ0v) is 19.2. The lowest BCUT2D eigenvalue weighted by Crippen LogP contribution is -2.32. The summed E-state index contributed by atoms with van der Waals surface area (Å²) in [6, 6.07) is 0. The van der Waals surface area contributed by atoms with Crippen molar-refractivity contribution in [1.82, 2.24) is 0 Å². The van der Waals surface area contributed by atoms with Gasteiger partial charge in [0.25, 0.3) is 0 Å². The van der Waals surface area contributed by atoms with E-state index in [1.54, 1.807) is 70.6 Å². The normalized spacial score (nSPS) is 31.1. The molecule has 3 atom stereocenters. The van der Waals surface area contributed by atoms with Gasteiger partial charge in [-0.3, -0.25) is 0 Å². The van der Waals surface area contributed by atoms with Gasteiger partial charge in [-0.15, -0.1) is 7.92 Å². The predicted molar refractivity (Wildman–Crippen MR) is 119 cm³/mol. The first-order valence-corrected chi connectivity index (χ1v) is 15.1. The van der Waals surface area contributed by atoms with E-state index >= 15 is 0 Å². The van der Waals surface area contributed by atoms with Crippen LogP contribution in [0.5, 0.6) is 0 Å². The highest BCUT2D eigenvalue weighted by molar-refractivity contribution is 7.60. The molecule has 0 aromatic carbocycles. The number of hydrogen-bond donors (Lipinski definition) is 0. The summed E-state index contributed by atoms with van der Waals surface area (Å²) < 4.78 is 0. The Morgan fingerprint density at radius 2 is 1.20 bits per heavy atom. The van der Waals surface area contributed by atoms with Crippen molar-refractivity contribution < 1.29 is 0 Å². The molecule has 0 nitrogen and oxygen atoms in total. The van der Waals surface area contributed by atoms with E-state index in [9.17, 15) is 0 Å². The molecule has 0 bridgehead atoms. The maximum absolute atomic E-state index is 2.76. The molecule has 3 saturated carbocycles. The highest BCUT2D eigenvalue weighted by Crippen LogP contribution is 2.64. The molecule has 146 valence electrons. The Balaban J connectivity index is 1.76. The molecule has 0 saturated heterocycles. The molecule has 0 heterocycles. The van der Waals surface area contributed by atoms with Crippen LogP contribution < -0.4 is 0 Å². The van der Waals surface area contributed by atoms with E-state index in [-0.39, 0.29) is 7.92 Å². The Kier molecular flexibility index (Phi) is 8.58. The van der Waals surface area contributed by atoms with E-state index < -0.39 is 0 Å². The standard InChI is InChI=1S/C23H44P2/c1-4-24(5-2)23-18-12-17-22(23)19(3)25(20-13-8-6-9-14-20)21-15-10-7-11-16-21/h19-23H,4-18H2,1-3H3. The molecule has 0 aromatic rings. The molecule has 0 radical (unpaired) electrons. The van der Waals surface area contributed by atoms with Crippen molar-refractivity contribution in [2.45, 2.75) is 127 Å². The Labute approximate surface area is 161 Å². The molecule has 3 aliphatic rings. The van der Waals surface area contributed by atoms with Crippen molar-refractivity contribution in [2.24, 2.45) is 5.92 Å². The van der Waals surface area contributed by atoms with Crippen LogP contribution in [0.15, 0.2) is 0 Å². The van der Waals surface area contributed by atoms with Crippen molar-refractivity contribution in [1.29, 1.82) is 0 Å². The topological polar surface area (TPSA) is 0 Å². The Morgan fingerprint density at radius 3 is 1.68 bits per heavy atom. The minimum absolute atomic E-state index is 0.280. The van der Waals surface area contributed by atoms with E-state index in [4.69, 9.17) is 0 Å². The van der Waals surface area contributed by atoms with Gasteiger partial charge in [0.05, 0.1) is 0 Å². The maximum Gasteiger partial charge on any atom is -0.0175 e. The van der Waals surface area contributed by atoms with Crippen molar-refractivity contribution in [2.75, 3.05) is 12.3 Å². The van der Waals surface area contributed by atoms with Gasteiger partial charge in [-0.25, -0.2) is 0 Å². The molecule has 3 unspecified atom stereocenters. The van der Waals surface area contributed by atoms with Gasteiger partial charge >= 0.3 is 0 Å². The van der Waals surface area contributed by atoms with Gasteiger partial charge < -0.3 is 0 Å². The first-order chi connectivity index (χ1) is 12.3. The molecule has 0 aromatic heterocycles. The maximum atomic E-state index is 2.76. The summed E-state index contributed by atoms with van der Waals surface area (Å²) in [4.78, 5) is 0. The quantitative estimate of drug-likeness (QED) is 0.389. The predicted octanol–water partition coefficient (Wildman–Crippen LogP) is 8.21. The second kappa shape index (κ2) is 10.4. The van der Waals surface area contributed by atoms with E-state index in [2.05, 4.69) is 20.8 Å². The summed E-state index contributed by atoms with van der Waals surface area (Å²) in [5.74, 6) is 1.11. The monoisotopic (exact) mass is 382 g/mol. The number of hydrogen-bond acceptors (Lipinski definition) is 0. The van der Waals surface area contributed by atoms with E-state index in [1.807, 2.05) is 0 Å². The van der Waals surface area contributed by atoms with Crippen molar-refractivity contribution >= 4 is 15.8 Å².